The summed E-state index contributed by atoms with van der Waals surface area (Å²) in [5.41, 5.74) is 7.93. The second kappa shape index (κ2) is 6.84. The van der Waals surface area contributed by atoms with Crippen molar-refractivity contribution in [2.24, 2.45) is 11.7 Å². The van der Waals surface area contributed by atoms with E-state index in [1.54, 1.807) is 4.90 Å². The molecule has 2 amide bonds. The number of carbonyl (C=O) groups is 2. The molecule has 5 nitrogen and oxygen atoms in total. The summed E-state index contributed by atoms with van der Waals surface area (Å²) < 4.78 is 1.02. The van der Waals surface area contributed by atoms with Crippen LogP contribution >= 0.6 is 15.9 Å². The Labute approximate surface area is 151 Å². The van der Waals surface area contributed by atoms with E-state index in [2.05, 4.69) is 15.9 Å². The predicted octanol–water partition coefficient (Wildman–Crippen LogP) is 2.45. The van der Waals surface area contributed by atoms with Crippen LogP contribution in [0.2, 0.25) is 0 Å². The van der Waals surface area contributed by atoms with E-state index in [1.165, 1.54) is 0 Å². The number of nitrogens with two attached hydrogens (primary N) is 1. The highest BCUT2D eigenvalue weighted by Crippen LogP contribution is 2.30. The minimum absolute atomic E-state index is 0.0245. The molecule has 0 spiro atoms. The third kappa shape index (κ3) is 3.35. The van der Waals surface area contributed by atoms with E-state index < -0.39 is 0 Å². The molecule has 0 unspecified atom stereocenters. The minimum atomic E-state index is -0.252. The van der Waals surface area contributed by atoms with Gasteiger partial charge in [0.15, 0.2) is 0 Å². The second-order valence-corrected chi connectivity index (χ2v) is 7.86. The Morgan fingerprint density at radius 3 is 2.79 bits per heavy atom. The molecule has 2 heterocycles. The molecule has 0 radical (unpaired) electrons. The van der Waals surface area contributed by atoms with Crippen molar-refractivity contribution >= 4 is 33.4 Å². The molecule has 0 bridgehead atoms. The first kappa shape index (κ1) is 17.4. The van der Waals surface area contributed by atoms with Crippen molar-refractivity contribution in [2.45, 2.75) is 45.2 Å². The molecule has 1 aromatic carbocycles. The molecular formula is C18H24BrN3O2. The SMILES string of the molecule is Cc1cc(N2C[C@H](C(=O)N3CC[C@@H](N)C[C@@H]3C)CC2=O)ccc1Br. The van der Waals surface area contributed by atoms with E-state index >= 15 is 0 Å². The summed E-state index contributed by atoms with van der Waals surface area (Å²) >= 11 is 3.48. The molecule has 2 N–H and O–H groups in total. The Hall–Kier alpha value is -1.40. The number of nitrogens with zero attached hydrogens (tertiary/aromatic N) is 2. The highest BCUT2D eigenvalue weighted by molar-refractivity contribution is 9.10. The number of anilines is 1. The molecule has 2 saturated heterocycles. The average Bonchev–Trinajstić information content (AvgIpc) is 2.91. The third-order valence-corrected chi connectivity index (χ3v) is 6.02. The molecule has 1 aromatic rings. The van der Waals surface area contributed by atoms with Crippen LogP contribution < -0.4 is 10.6 Å². The summed E-state index contributed by atoms with van der Waals surface area (Å²) in [5.74, 6) is -0.131. The zero-order valence-electron chi connectivity index (χ0n) is 14.2. The normalized spacial score (nSPS) is 27.7. The topological polar surface area (TPSA) is 66.6 Å². The van der Waals surface area contributed by atoms with Crippen LogP contribution in [0, 0.1) is 12.8 Å². The summed E-state index contributed by atoms with van der Waals surface area (Å²) in [6.07, 6.45) is 1.97. The lowest BCUT2D eigenvalue weighted by Gasteiger charge is -2.37. The molecule has 2 aliphatic heterocycles. The van der Waals surface area contributed by atoms with Gasteiger partial charge in [0, 0.05) is 41.8 Å². The number of aryl methyl sites for hydroxylation is 1. The molecular weight excluding hydrogens is 370 g/mol. The van der Waals surface area contributed by atoms with Crippen LogP contribution in [0.25, 0.3) is 0 Å². The number of piperidine rings is 1. The number of rotatable bonds is 2. The van der Waals surface area contributed by atoms with E-state index in [1.807, 2.05) is 36.9 Å². The Morgan fingerprint density at radius 2 is 2.12 bits per heavy atom. The average molecular weight is 394 g/mol. The monoisotopic (exact) mass is 393 g/mol. The zero-order chi connectivity index (χ0) is 17.4. The summed E-state index contributed by atoms with van der Waals surface area (Å²) in [7, 11) is 0. The van der Waals surface area contributed by atoms with Crippen LogP contribution in [-0.2, 0) is 9.59 Å². The third-order valence-electron chi connectivity index (χ3n) is 5.13. The Balaban J connectivity index is 1.72. The van der Waals surface area contributed by atoms with Crippen molar-refractivity contribution in [3.63, 3.8) is 0 Å². The predicted molar refractivity (Wildman–Crippen MR) is 97.7 cm³/mol. The van der Waals surface area contributed by atoms with Gasteiger partial charge in [-0.25, -0.2) is 0 Å². The van der Waals surface area contributed by atoms with Crippen molar-refractivity contribution in [2.75, 3.05) is 18.0 Å². The molecule has 3 atom stereocenters. The van der Waals surface area contributed by atoms with Gasteiger partial charge in [0.2, 0.25) is 11.8 Å². The number of hydrogen-bond acceptors (Lipinski definition) is 3. The van der Waals surface area contributed by atoms with Crippen molar-refractivity contribution in [1.29, 1.82) is 0 Å². The molecule has 24 heavy (non-hydrogen) atoms. The van der Waals surface area contributed by atoms with Crippen LogP contribution in [0.3, 0.4) is 0 Å². The fourth-order valence-corrected chi connectivity index (χ4v) is 3.94. The fourth-order valence-electron chi connectivity index (χ4n) is 3.69. The maximum absolute atomic E-state index is 12.9. The number of hydrogen-bond donors (Lipinski definition) is 1. The lowest BCUT2D eigenvalue weighted by molar-refractivity contribution is -0.139. The van der Waals surface area contributed by atoms with Crippen molar-refractivity contribution < 1.29 is 9.59 Å². The van der Waals surface area contributed by atoms with Gasteiger partial charge in [-0.05, 0) is 50.5 Å². The molecule has 2 aliphatic rings. The summed E-state index contributed by atoms with van der Waals surface area (Å²) in [4.78, 5) is 28.9. The first-order valence-electron chi connectivity index (χ1n) is 8.49. The summed E-state index contributed by atoms with van der Waals surface area (Å²) in [6.45, 7) is 5.20. The Morgan fingerprint density at radius 1 is 1.38 bits per heavy atom. The van der Waals surface area contributed by atoms with E-state index in [4.69, 9.17) is 5.73 Å². The van der Waals surface area contributed by atoms with Gasteiger partial charge in [0.25, 0.3) is 0 Å². The van der Waals surface area contributed by atoms with Gasteiger partial charge >= 0.3 is 0 Å². The van der Waals surface area contributed by atoms with Crippen LogP contribution in [-0.4, -0.2) is 41.9 Å². The largest absolute Gasteiger partial charge is 0.340 e. The van der Waals surface area contributed by atoms with E-state index in [-0.39, 0.29) is 29.8 Å². The van der Waals surface area contributed by atoms with Gasteiger partial charge in [-0.3, -0.25) is 9.59 Å². The van der Waals surface area contributed by atoms with Gasteiger partial charge < -0.3 is 15.5 Å². The first-order valence-corrected chi connectivity index (χ1v) is 9.28. The van der Waals surface area contributed by atoms with Crippen LogP contribution in [0.4, 0.5) is 5.69 Å². The minimum Gasteiger partial charge on any atom is -0.340 e. The van der Waals surface area contributed by atoms with Gasteiger partial charge in [0.05, 0.1) is 5.92 Å². The molecule has 6 heteroatoms. The van der Waals surface area contributed by atoms with E-state index in [9.17, 15) is 9.59 Å². The van der Waals surface area contributed by atoms with Crippen molar-refractivity contribution in [1.82, 2.24) is 4.90 Å². The molecule has 0 aliphatic carbocycles. The highest BCUT2D eigenvalue weighted by Gasteiger charge is 2.39. The number of amides is 2. The standard InChI is InChI=1S/C18H24BrN3O2/c1-11-7-15(3-4-16(11)19)22-10-13(9-17(22)23)18(24)21-6-5-14(20)8-12(21)2/h3-4,7,12-14H,5-6,8-10,20H2,1-2H3/t12-,13+,14+/m0/s1. The van der Waals surface area contributed by atoms with Gasteiger partial charge in [-0.15, -0.1) is 0 Å². The first-order chi connectivity index (χ1) is 11.4. The lowest BCUT2D eigenvalue weighted by atomic mass is 9.96. The number of halogens is 1. The Kier molecular flexibility index (Phi) is 4.97. The second-order valence-electron chi connectivity index (χ2n) is 7.00. The van der Waals surface area contributed by atoms with Crippen molar-refractivity contribution in [3.05, 3.63) is 28.2 Å². The molecule has 0 aromatic heterocycles. The number of likely N-dealkylation sites (tertiary alicyclic amines) is 1. The summed E-state index contributed by atoms with van der Waals surface area (Å²) in [6, 6.07) is 6.18. The number of benzene rings is 1. The van der Waals surface area contributed by atoms with Gasteiger partial charge in [-0.2, -0.15) is 0 Å². The van der Waals surface area contributed by atoms with Crippen LogP contribution in [0.5, 0.6) is 0 Å². The quantitative estimate of drug-likeness (QED) is 0.838. The number of carbonyl (C=O) groups excluding carboxylic acids is 2. The molecule has 0 saturated carbocycles. The smallest absolute Gasteiger partial charge is 0.228 e. The highest BCUT2D eigenvalue weighted by atomic mass is 79.9. The maximum Gasteiger partial charge on any atom is 0.228 e. The summed E-state index contributed by atoms with van der Waals surface area (Å²) in [5, 5.41) is 0. The molecule has 2 fully saturated rings. The lowest BCUT2D eigenvalue weighted by Crippen LogP contribution is -2.50. The maximum atomic E-state index is 12.9. The van der Waals surface area contributed by atoms with Crippen molar-refractivity contribution in [3.8, 4) is 0 Å². The van der Waals surface area contributed by atoms with Gasteiger partial charge in [0.1, 0.15) is 0 Å². The van der Waals surface area contributed by atoms with Crippen LogP contribution in [0.1, 0.15) is 31.7 Å². The molecule has 3 rings (SSSR count). The van der Waals surface area contributed by atoms with E-state index in [0.717, 1.165) is 28.6 Å². The molecule has 130 valence electrons. The van der Waals surface area contributed by atoms with E-state index in [0.29, 0.717) is 19.5 Å². The van der Waals surface area contributed by atoms with Gasteiger partial charge in [-0.1, -0.05) is 15.9 Å². The zero-order valence-corrected chi connectivity index (χ0v) is 15.8. The Bertz CT molecular complexity index is 664. The fraction of sp³-hybridized carbons (Fsp3) is 0.556. The van der Waals surface area contributed by atoms with Crippen LogP contribution in [0.15, 0.2) is 22.7 Å².